The van der Waals surface area contributed by atoms with Gasteiger partial charge in [-0.15, -0.1) is 5.10 Å². The number of carbonyl (C=O) groups is 1. The first-order valence-electron chi connectivity index (χ1n) is 13.2. The van der Waals surface area contributed by atoms with Crippen molar-refractivity contribution in [3.8, 4) is 11.6 Å². The maximum Gasteiger partial charge on any atom is 0.305 e. The zero-order valence-electron chi connectivity index (χ0n) is 23.3. The number of ether oxygens (including phenoxy) is 4. The highest BCUT2D eigenvalue weighted by molar-refractivity contribution is 5.69. The molecule has 10 heteroatoms. The van der Waals surface area contributed by atoms with Crippen LogP contribution in [0, 0.1) is 6.92 Å². The van der Waals surface area contributed by atoms with Gasteiger partial charge in [0.15, 0.2) is 0 Å². The molecule has 2 unspecified atom stereocenters. The Balaban J connectivity index is 1.81. The van der Waals surface area contributed by atoms with Crippen molar-refractivity contribution in [3.63, 3.8) is 0 Å². The van der Waals surface area contributed by atoms with Gasteiger partial charge in [0.2, 0.25) is 12.2 Å². The number of benzene rings is 1. The molecule has 10 nitrogen and oxygen atoms in total. The minimum Gasteiger partial charge on any atom is -0.491 e. The van der Waals surface area contributed by atoms with Crippen LogP contribution in [0.2, 0.25) is 0 Å². The Morgan fingerprint density at radius 3 is 2.41 bits per heavy atom. The maximum absolute atomic E-state index is 11.9. The molecule has 0 radical (unpaired) electrons. The Kier molecular flexibility index (Phi) is 9.42. The third-order valence-electron chi connectivity index (χ3n) is 6.08. The van der Waals surface area contributed by atoms with E-state index < -0.39 is 43.1 Å². The van der Waals surface area contributed by atoms with E-state index >= 15 is 0 Å². The van der Waals surface area contributed by atoms with Crippen LogP contribution in [0.5, 0.6) is 11.6 Å². The summed E-state index contributed by atoms with van der Waals surface area (Å²) in [6.07, 6.45) is -7.41. The first-order valence-corrected chi connectivity index (χ1v) is 12.6. The Morgan fingerprint density at radius 2 is 1.81 bits per heavy atom. The zero-order chi connectivity index (χ0) is 28.1. The van der Waals surface area contributed by atoms with Gasteiger partial charge in [0.25, 0.3) is 0 Å². The molecule has 37 heavy (non-hydrogen) atoms. The lowest BCUT2D eigenvalue weighted by Gasteiger charge is -2.39. The summed E-state index contributed by atoms with van der Waals surface area (Å²) in [5.74, 6) is 0.370. The van der Waals surface area contributed by atoms with Crippen LogP contribution < -0.4 is 9.47 Å². The maximum atomic E-state index is 11.9. The van der Waals surface area contributed by atoms with Crippen molar-refractivity contribution >= 4 is 5.97 Å². The van der Waals surface area contributed by atoms with Crippen LogP contribution in [0.4, 0.5) is 0 Å². The molecule has 3 N–H and O–H groups in total. The molecular weight excluding hydrogens is 480 g/mol. The van der Waals surface area contributed by atoms with E-state index in [2.05, 4.69) is 5.10 Å². The SMILES string of the molecule is [2H]C(C)CC(=O)OC[C@H]1OC(Oc2nn(C(C)C)c(C)c2Cc2ccc(OC(C)C)cc2)[C@H](O)[C@@H](O)[C@@H]1O. The van der Waals surface area contributed by atoms with Crippen molar-refractivity contribution in [2.45, 2.75) is 104 Å². The fourth-order valence-corrected chi connectivity index (χ4v) is 4.15. The molecule has 1 aliphatic rings. The molecular formula is C27H40N2O8. The summed E-state index contributed by atoms with van der Waals surface area (Å²) in [5.41, 5.74) is 2.64. The van der Waals surface area contributed by atoms with Gasteiger partial charge in [-0.1, -0.05) is 19.1 Å². The summed E-state index contributed by atoms with van der Waals surface area (Å²) < 4.78 is 31.9. The predicted molar refractivity (Wildman–Crippen MR) is 136 cm³/mol. The van der Waals surface area contributed by atoms with Crippen molar-refractivity contribution in [3.05, 3.63) is 41.1 Å². The fraction of sp³-hybridized carbons (Fsp3) is 0.630. The topological polar surface area (TPSA) is 132 Å². The summed E-state index contributed by atoms with van der Waals surface area (Å²) in [6.45, 7) is 11.0. The van der Waals surface area contributed by atoms with Crippen LogP contribution in [0.1, 0.15) is 71.7 Å². The average molecular weight is 522 g/mol. The Bertz CT molecular complexity index is 1060. The van der Waals surface area contributed by atoms with Gasteiger partial charge in [0.1, 0.15) is 36.8 Å². The molecule has 1 aromatic heterocycles. The molecule has 0 amide bonds. The number of aliphatic hydroxyl groups is 3. The third-order valence-corrected chi connectivity index (χ3v) is 6.08. The van der Waals surface area contributed by atoms with E-state index in [0.29, 0.717) is 6.42 Å². The smallest absolute Gasteiger partial charge is 0.305 e. The van der Waals surface area contributed by atoms with Crippen molar-refractivity contribution in [1.29, 1.82) is 0 Å². The van der Waals surface area contributed by atoms with Gasteiger partial charge in [0, 0.05) is 31.5 Å². The van der Waals surface area contributed by atoms with Crippen LogP contribution in [-0.2, 0) is 20.7 Å². The van der Waals surface area contributed by atoms with E-state index in [1.54, 1.807) is 6.92 Å². The Hall–Kier alpha value is -2.66. The molecule has 3 rings (SSSR count). The van der Waals surface area contributed by atoms with Crippen LogP contribution in [0.3, 0.4) is 0 Å². The molecule has 2 heterocycles. The molecule has 6 atom stereocenters. The second kappa shape index (κ2) is 12.7. The first-order chi connectivity index (χ1) is 17.9. The van der Waals surface area contributed by atoms with Crippen molar-refractivity contribution in [1.82, 2.24) is 9.78 Å². The highest BCUT2D eigenvalue weighted by Gasteiger charge is 2.46. The second-order valence-electron chi connectivity index (χ2n) is 9.82. The summed E-state index contributed by atoms with van der Waals surface area (Å²) in [4.78, 5) is 11.9. The molecule has 0 saturated carbocycles. The van der Waals surface area contributed by atoms with Crippen molar-refractivity contribution in [2.24, 2.45) is 0 Å². The van der Waals surface area contributed by atoms with Crippen molar-refractivity contribution < 1.29 is 40.4 Å². The number of nitrogens with zero attached hydrogens (tertiary/aromatic N) is 2. The predicted octanol–water partition coefficient (Wildman–Crippen LogP) is 2.68. The van der Waals surface area contributed by atoms with Crippen LogP contribution in [0.15, 0.2) is 24.3 Å². The number of esters is 1. The highest BCUT2D eigenvalue weighted by atomic mass is 16.7. The van der Waals surface area contributed by atoms with Gasteiger partial charge in [-0.2, -0.15) is 0 Å². The number of hydrogen-bond donors (Lipinski definition) is 3. The first kappa shape index (κ1) is 27.4. The van der Waals surface area contributed by atoms with Crippen LogP contribution in [0.25, 0.3) is 0 Å². The summed E-state index contributed by atoms with van der Waals surface area (Å²) in [7, 11) is 0. The van der Waals surface area contributed by atoms with Gasteiger partial charge < -0.3 is 34.3 Å². The van der Waals surface area contributed by atoms with E-state index in [4.69, 9.17) is 20.3 Å². The summed E-state index contributed by atoms with van der Waals surface area (Å²) >= 11 is 0. The molecule has 0 bridgehead atoms. The molecule has 1 fully saturated rings. The zero-order valence-corrected chi connectivity index (χ0v) is 22.3. The van der Waals surface area contributed by atoms with Gasteiger partial charge in [-0.05, 0) is 58.7 Å². The normalized spacial score (nSPS) is 25.2. The average Bonchev–Trinajstić information content (AvgIpc) is 3.14. The van der Waals surface area contributed by atoms with E-state index in [1.807, 2.05) is 63.6 Å². The fourth-order valence-electron chi connectivity index (χ4n) is 4.15. The number of rotatable bonds is 11. The van der Waals surface area contributed by atoms with Gasteiger partial charge in [-0.3, -0.25) is 9.48 Å². The molecule has 206 valence electrons. The highest BCUT2D eigenvalue weighted by Crippen LogP contribution is 2.31. The quantitative estimate of drug-likeness (QED) is 0.382. The van der Waals surface area contributed by atoms with Crippen LogP contribution in [-0.4, -0.2) is 74.5 Å². The van der Waals surface area contributed by atoms with Crippen LogP contribution >= 0.6 is 0 Å². The summed E-state index contributed by atoms with van der Waals surface area (Å²) in [5, 5.41) is 36.0. The molecule has 1 aliphatic heterocycles. The minimum absolute atomic E-state index is 0.0316. The number of hydrogen-bond acceptors (Lipinski definition) is 9. The molecule has 1 aromatic carbocycles. The Morgan fingerprint density at radius 1 is 1.14 bits per heavy atom. The number of aliphatic hydroxyl groups excluding tert-OH is 3. The summed E-state index contributed by atoms with van der Waals surface area (Å²) in [6, 6.07) is 7.75. The van der Waals surface area contributed by atoms with Gasteiger partial charge in [-0.25, -0.2) is 0 Å². The second-order valence-corrected chi connectivity index (χ2v) is 9.82. The van der Waals surface area contributed by atoms with Gasteiger partial charge >= 0.3 is 5.97 Å². The van der Waals surface area contributed by atoms with Crippen molar-refractivity contribution in [2.75, 3.05) is 6.61 Å². The molecule has 0 spiro atoms. The molecule has 0 aliphatic carbocycles. The number of aromatic nitrogens is 2. The monoisotopic (exact) mass is 521 g/mol. The van der Waals surface area contributed by atoms with E-state index in [9.17, 15) is 20.1 Å². The lowest BCUT2D eigenvalue weighted by molar-refractivity contribution is -0.279. The number of carbonyl (C=O) groups excluding carboxylic acids is 1. The lowest BCUT2D eigenvalue weighted by atomic mass is 9.99. The standard InChI is InChI=1S/C27H40N2O8/c1-7-8-22(30)34-14-21-23(31)24(32)25(33)27(36-21)37-26-20(17(6)29(28-26)15(2)3)13-18-9-11-19(12-10-18)35-16(4)5/h9-12,15-16,21,23-25,27,31-33H,7-8,13-14H2,1-6H3/t21-,23-,24+,25-,27?/m1/s1/i7D/t7?,21-,23-,24+,25-,27?. The van der Waals surface area contributed by atoms with E-state index in [1.165, 1.54) is 0 Å². The van der Waals surface area contributed by atoms with E-state index in [-0.39, 0.29) is 31.1 Å². The van der Waals surface area contributed by atoms with E-state index in [0.717, 1.165) is 22.6 Å². The minimum atomic E-state index is -1.60. The third kappa shape index (κ3) is 7.22. The Labute approximate surface area is 219 Å². The molecule has 1 saturated heterocycles. The lowest BCUT2D eigenvalue weighted by Crippen LogP contribution is -2.60. The largest absolute Gasteiger partial charge is 0.491 e. The van der Waals surface area contributed by atoms with Gasteiger partial charge in [0.05, 0.1) is 6.10 Å². The molecule has 2 aromatic rings.